The number of amides is 2. The van der Waals surface area contributed by atoms with Gasteiger partial charge in [-0.25, -0.2) is 8.78 Å². The summed E-state index contributed by atoms with van der Waals surface area (Å²) in [6, 6.07) is 16.2. The predicted octanol–water partition coefficient (Wildman–Crippen LogP) is 4.86. The van der Waals surface area contributed by atoms with Crippen molar-refractivity contribution in [3.8, 4) is 16.9 Å². The number of carbonyl (C=O) groups is 2. The minimum absolute atomic E-state index is 0. The first-order chi connectivity index (χ1) is 20.4. The van der Waals surface area contributed by atoms with Gasteiger partial charge in [0.25, 0.3) is 11.8 Å². The minimum Gasteiger partial charge on any atom is -0.488 e. The molecule has 3 fully saturated rings. The molecule has 6 rings (SSSR count). The van der Waals surface area contributed by atoms with E-state index in [1.165, 1.54) is 18.2 Å². The minimum atomic E-state index is -0.392. The van der Waals surface area contributed by atoms with E-state index in [1.807, 2.05) is 12.1 Å². The summed E-state index contributed by atoms with van der Waals surface area (Å²) in [6.45, 7) is 4.90. The number of halogens is 3. The van der Waals surface area contributed by atoms with E-state index < -0.39 is 5.82 Å². The molecule has 3 aromatic carbocycles. The van der Waals surface area contributed by atoms with Gasteiger partial charge in [-0.15, -0.1) is 12.4 Å². The molecular weight excluding hydrogens is 574 g/mol. The summed E-state index contributed by atoms with van der Waals surface area (Å²) in [5.74, 6) is -0.175. The highest BCUT2D eigenvalue weighted by molar-refractivity contribution is 5.97. The molecule has 0 bridgehead atoms. The number of rotatable bonds is 6. The van der Waals surface area contributed by atoms with Crippen molar-refractivity contribution in [2.24, 2.45) is 0 Å². The van der Waals surface area contributed by atoms with Crippen LogP contribution in [0, 0.1) is 11.6 Å². The van der Waals surface area contributed by atoms with Crippen LogP contribution in [0.2, 0.25) is 0 Å². The Bertz CT molecular complexity index is 1430. The molecule has 0 aliphatic carbocycles. The van der Waals surface area contributed by atoms with Crippen LogP contribution in [0.5, 0.6) is 5.75 Å². The van der Waals surface area contributed by atoms with E-state index in [9.17, 15) is 18.4 Å². The fourth-order valence-electron chi connectivity index (χ4n) is 6.13. The van der Waals surface area contributed by atoms with Gasteiger partial charge >= 0.3 is 0 Å². The van der Waals surface area contributed by atoms with Gasteiger partial charge in [-0.3, -0.25) is 9.59 Å². The molecule has 3 aromatic rings. The molecule has 2 N–H and O–H groups in total. The number of benzene rings is 3. The SMILES string of the molecule is Cl.O=C(c1cc(F)cc(C2CCNCC2)c1)N1CCN(C(=O)c2ccc(OC3CCNC3)c(-c3ccc(F)cc3)c2)CC1. The molecule has 0 radical (unpaired) electrons. The Kier molecular flexibility index (Phi) is 9.95. The Morgan fingerprint density at radius 3 is 2.02 bits per heavy atom. The summed E-state index contributed by atoms with van der Waals surface area (Å²) in [4.78, 5) is 30.3. The summed E-state index contributed by atoms with van der Waals surface area (Å²) in [5, 5.41) is 6.61. The number of piperazine rings is 1. The second-order valence-electron chi connectivity index (χ2n) is 11.3. The van der Waals surface area contributed by atoms with E-state index >= 15 is 0 Å². The first-order valence-electron chi connectivity index (χ1n) is 14.8. The smallest absolute Gasteiger partial charge is 0.254 e. The maximum atomic E-state index is 14.5. The second kappa shape index (κ2) is 13.8. The number of nitrogens with one attached hydrogen (secondary N) is 2. The second-order valence-corrected chi connectivity index (χ2v) is 11.3. The van der Waals surface area contributed by atoms with Crippen LogP contribution < -0.4 is 15.4 Å². The quantitative estimate of drug-likeness (QED) is 0.417. The average Bonchev–Trinajstić information content (AvgIpc) is 3.54. The third-order valence-corrected chi connectivity index (χ3v) is 8.52. The fraction of sp³-hybridized carbons (Fsp3) is 0.394. The number of hydrogen-bond donors (Lipinski definition) is 2. The van der Waals surface area contributed by atoms with Crippen molar-refractivity contribution in [3.05, 3.63) is 89.0 Å². The van der Waals surface area contributed by atoms with Crippen molar-refractivity contribution in [2.75, 3.05) is 52.4 Å². The molecule has 2 amide bonds. The predicted molar refractivity (Wildman–Crippen MR) is 164 cm³/mol. The molecular formula is C33H37ClF2N4O3. The van der Waals surface area contributed by atoms with Crippen LogP contribution in [-0.2, 0) is 0 Å². The Balaban J connectivity index is 0.00000368. The summed E-state index contributed by atoms with van der Waals surface area (Å²) in [6.07, 6.45) is 2.77. The van der Waals surface area contributed by atoms with Crippen molar-refractivity contribution >= 4 is 24.2 Å². The Labute approximate surface area is 257 Å². The van der Waals surface area contributed by atoms with Gasteiger partial charge in [0.05, 0.1) is 0 Å². The number of ether oxygens (including phenoxy) is 1. The Morgan fingerprint density at radius 2 is 1.37 bits per heavy atom. The Hall–Kier alpha value is -3.53. The van der Waals surface area contributed by atoms with Crippen LogP contribution in [-0.4, -0.2) is 80.1 Å². The molecule has 0 saturated carbocycles. The van der Waals surface area contributed by atoms with Crippen molar-refractivity contribution in [1.29, 1.82) is 0 Å². The van der Waals surface area contributed by atoms with Gasteiger partial charge in [0.2, 0.25) is 0 Å². The first-order valence-corrected chi connectivity index (χ1v) is 14.8. The van der Waals surface area contributed by atoms with Crippen molar-refractivity contribution in [2.45, 2.75) is 31.3 Å². The Morgan fingerprint density at radius 1 is 0.721 bits per heavy atom. The molecule has 3 aliphatic rings. The first kappa shape index (κ1) is 30.9. The third-order valence-electron chi connectivity index (χ3n) is 8.52. The monoisotopic (exact) mass is 610 g/mol. The van der Waals surface area contributed by atoms with Crippen molar-refractivity contribution in [3.63, 3.8) is 0 Å². The lowest BCUT2D eigenvalue weighted by molar-refractivity contribution is 0.0535. The number of piperidine rings is 1. The fourth-order valence-corrected chi connectivity index (χ4v) is 6.13. The van der Waals surface area contributed by atoms with Crippen LogP contribution in [0.3, 0.4) is 0 Å². The lowest BCUT2D eigenvalue weighted by Gasteiger charge is -2.35. The van der Waals surface area contributed by atoms with Gasteiger partial charge in [-0.1, -0.05) is 12.1 Å². The van der Waals surface area contributed by atoms with Gasteiger partial charge in [-0.05, 0) is 104 Å². The molecule has 43 heavy (non-hydrogen) atoms. The number of hydrogen-bond acceptors (Lipinski definition) is 5. The summed E-state index contributed by atoms with van der Waals surface area (Å²) in [5.41, 5.74) is 3.24. The van der Waals surface area contributed by atoms with Gasteiger partial charge in [0, 0.05) is 49.4 Å². The lowest BCUT2D eigenvalue weighted by Crippen LogP contribution is -2.50. The topological polar surface area (TPSA) is 73.9 Å². The molecule has 1 atom stereocenters. The van der Waals surface area contributed by atoms with E-state index in [0.717, 1.165) is 62.1 Å². The van der Waals surface area contributed by atoms with Gasteiger partial charge in [-0.2, -0.15) is 0 Å². The van der Waals surface area contributed by atoms with E-state index in [0.29, 0.717) is 43.1 Å². The average molecular weight is 611 g/mol. The molecule has 228 valence electrons. The number of nitrogens with zero attached hydrogens (tertiary/aromatic N) is 2. The highest BCUT2D eigenvalue weighted by Crippen LogP contribution is 2.33. The standard InChI is InChI=1S/C33H36F2N4O3.ClH/c34-27-4-1-23(2-5-27)30-20-24(3-6-31(30)42-29-9-12-37-21-29)32(40)38-13-15-39(16-14-38)33(41)26-17-25(18-28(35)19-26)22-7-10-36-11-8-22;/h1-6,17-20,22,29,36-37H,7-16,21H2;1H. The summed E-state index contributed by atoms with van der Waals surface area (Å²) < 4.78 is 34.4. The van der Waals surface area contributed by atoms with Crippen LogP contribution >= 0.6 is 12.4 Å². The molecule has 1 unspecified atom stereocenters. The molecule has 3 aliphatic heterocycles. The van der Waals surface area contributed by atoms with Gasteiger partial charge in [0.15, 0.2) is 0 Å². The highest BCUT2D eigenvalue weighted by Gasteiger charge is 2.28. The molecule has 10 heteroatoms. The van der Waals surface area contributed by atoms with E-state index in [2.05, 4.69) is 10.6 Å². The summed E-state index contributed by atoms with van der Waals surface area (Å²) in [7, 11) is 0. The zero-order valence-electron chi connectivity index (χ0n) is 24.0. The molecule has 0 aromatic heterocycles. The maximum Gasteiger partial charge on any atom is 0.254 e. The van der Waals surface area contributed by atoms with Crippen molar-refractivity contribution in [1.82, 2.24) is 20.4 Å². The lowest BCUT2D eigenvalue weighted by atomic mass is 9.89. The van der Waals surface area contributed by atoms with Crippen LogP contribution in [0.25, 0.3) is 11.1 Å². The highest BCUT2D eigenvalue weighted by atomic mass is 35.5. The largest absolute Gasteiger partial charge is 0.488 e. The third kappa shape index (κ3) is 7.17. The van der Waals surface area contributed by atoms with Crippen molar-refractivity contribution < 1.29 is 23.1 Å². The van der Waals surface area contributed by atoms with Crippen LogP contribution in [0.4, 0.5) is 8.78 Å². The van der Waals surface area contributed by atoms with Crippen LogP contribution in [0.15, 0.2) is 60.7 Å². The van der Waals surface area contributed by atoms with E-state index in [4.69, 9.17) is 4.74 Å². The van der Waals surface area contributed by atoms with E-state index in [-0.39, 0.29) is 42.1 Å². The molecule has 0 spiro atoms. The zero-order valence-corrected chi connectivity index (χ0v) is 24.8. The van der Waals surface area contributed by atoms with Gasteiger partial charge < -0.3 is 25.2 Å². The normalized spacial score (nSPS) is 19.2. The zero-order chi connectivity index (χ0) is 29.1. The van der Waals surface area contributed by atoms with Crippen LogP contribution in [0.1, 0.15) is 51.5 Å². The number of carbonyl (C=O) groups excluding carboxylic acids is 2. The summed E-state index contributed by atoms with van der Waals surface area (Å²) >= 11 is 0. The molecule has 3 saturated heterocycles. The molecule has 3 heterocycles. The maximum absolute atomic E-state index is 14.5. The molecule has 7 nitrogen and oxygen atoms in total. The van der Waals surface area contributed by atoms with E-state index in [1.54, 1.807) is 40.1 Å². The van der Waals surface area contributed by atoms with Gasteiger partial charge in [0.1, 0.15) is 23.5 Å².